The van der Waals surface area contributed by atoms with Crippen LogP contribution in [-0.4, -0.2) is 51.9 Å². The molecule has 6 nitrogen and oxygen atoms in total. The van der Waals surface area contributed by atoms with Crippen molar-refractivity contribution in [2.45, 2.75) is 13.5 Å². The predicted octanol–water partition coefficient (Wildman–Crippen LogP) is 1.34. The first-order chi connectivity index (χ1) is 10.2. The number of hydrogen-bond acceptors (Lipinski definition) is 5. The lowest BCUT2D eigenvalue weighted by Gasteiger charge is -2.34. The zero-order valence-electron chi connectivity index (χ0n) is 12.0. The quantitative estimate of drug-likeness (QED) is 0.852. The summed E-state index contributed by atoms with van der Waals surface area (Å²) in [5, 5.41) is 0. The number of aromatic nitrogens is 2. The number of carbonyl (C=O) groups is 1. The maximum Gasteiger partial charge on any atom is 0.257 e. The summed E-state index contributed by atoms with van der Waals surface area (Å²) in [6, 6.07) is 3.87. The normalized spacial score (nSPS) is 16.1. The fourth-order valence-electron chi connectivity index (χ4n) is 2.42. The second-order valence-corrected chi connectivity index (χ2v) is 5.17. The average molecular weight is 286 g/mol. The van der Waals surface area contributed by atoms with Gasteiger partial charge in [-0.25, -0.2) is 9.97 Å². The van der Waals surface area contributed by atoms with Gasteiger partial charge in [0.1, 0.15) is 11.6 Å². The number of hydrogen-bond donors (Lipinski definition) is 0. The standard InChI is InChI=1S/C15H18N4O2/c1-12-16-9-13(10-17-12)15(20)19-6-4-18(5-7-19)11-14-3-2-8-21-14/h2-3,8-10H,4-7,11H2,1H3. The maximum absolute atomic E-state index is 12.3. The van der Waals surface area contributed by atoms with Crippen molar-refractivity contribution in [3.8, 4) is 0 Å². The van der Waals surface area contributed by atoms with Gasteiger partial charge >= 0.3 is 0 Å². The topological polar surface area (TPSA) is 62.5 Å². The van der Waals surface area contributed by atoms with E-state index >= 15 is 0 Å². The Balaban J connectivity index is 1.55. The van der Waals surface area contributed by atoms with Gasteiger partial charge in [-0.2, -0.15) is 0 Å². The van der Waals surface area contributed by atoms with Crippen molar-refractivity contribution in [1.82, 2.24) is 19.8 Å². The van der Waals surface area contributed by atoms with Gasteiger partial charge < -0.3 is 9.32 Å². The van der Waals surface area contributed by atoms with Crippen molar-refractivity contribution in [2.24, 2.45) is 0 Å². The van der Waals surface area contributed by atoms with Crippen LogP contribution in [0.4, 0.5) is 0 Å². The van der Waals surface area contributed by atoms with E-state index in [1.54, 1.807) is 18.7 Å². The molecule has 0 atom stereocenters. The molecule has 1 fully saturated rings. The molecule has 0 bridgehead atoms. The zero-order valence-corrected chi connectivity index (χ0v) is 12.0. The monoisotopic (exact) mass is 286 g/mol. The van der Waals surface area contributed by atoms with Gasteiger partial charge in [0.2, 0.25) is 0 Å². The second kappa shape index (κ2) is 6.05. The lowest BCUT2D eigenvalue weighted by molar-refractivity contribution is 0.0619. The van der Waals surface area contributed by atoms with Gasteiger partial charge in [-0.15, -0.1) is 0 Å². The number of amides is 1. The highest BCUT2D eigenvalue weighted by Crippen LogP contribution is 2.11. The average Bonchev–Trinajstić information content (AvgIpc) is 3.01. The smallest absolute Gasteiger partial charge is 0.257 e. The molecule has 2 aromatic rings. The van der Waals surface area contributed by atoms with Crippen LogP contribution < -0.4 is 0 Å². The Bertz CT molecular complexity index is 587. The summed E-state index contributed by atoms with van der Waals surface area (Å²) >= 11 is 0. The number of rotatable bonds is 3. The number of furan rings is 1. The highest BCUT2D eigenvalue weighted by molar-refractivity contribution is 5.93. The van der Waals surface area contributed by atoms with Crippen molar-refractivity contribution in [3.05, 3.63) is 47.9 Å². The lowest BCUT2D eigenvalue weighted by Crippen LogP contribution is -2.48. The van der Waals surface area contributed by atoms with E-state index in [1.807, 2.05) is 24.0 Å². The van der Waals surface area contributed by atoms with Gasteiger partial charge in [-0.3, -0.25) is 9.69 Å². The van der Waals surface area contributed by atoms with Crippen molar-refractivity contribution < 1.29 is 9.21 Å². The molecule has 0 aliphatic carbocycles. The van der Waals surface area contributed by atoms with Crippen LogP contribution in [0.1, 0.15) is 21.9 Å². The molecule has 1 saturated heterocycles. The molecule has 0 saturated carbocycles. The predicted molar refractivity (Wildman–Crippen MR) is 76.7 cm³/mol. The van der Waals surface area contributed by atoms with Crippen LogP contribution >= 0.6 is 0 Å². The van der Waals surface area contributed by atoms with E-state index in [1.165, 1.54) is 0 Å². The molecule has 3 heterocycles. The van der Waals surface area contributed by atoms with Crippen molar-refractivity contribution >= 4 is 5.91 Å². The second-order valence-electron chi connectivity index (χ2n) is 5.17. The summed E-state index contributed by atoms with van der Waals surface area (Å²) in [6.45, 7) is 5.73. The Kier molecular flexibility index (Phi) is 3.96. The summed E-state index contributed by atoms with van der Waals surface area (Å²) in [5.74, 6) is 1.64. The van der Waals surface area contributed by atoms with Crippen LogP contribution in [-0.2, 0) is 6.54 Å². The highest BCUT2D eigenvalue weighted by atomic mass is 16.3. The number of nitrogens with zero attached hydrogens (tertiary/aromatic N) is 4. The molecular formula is C15H18N4O2. The third kappa shape index (κ3) is 3.28. The van der Waals surface area contributed by atoms with Crippen LogP contribution in [0.5, 0.6) is 0 Å². The van der Waals surface area contributed by atoms with Crippen LogP contribution in [0.15, 0.2) is 35.2 Å². The fourth-order valence-corrected chi connectivity index (χ4v) is 2.42. The van der Waals surface area contributed by atoms with Gasteiger partial charge in [0.15, 0.2) is 0 Å². The Morgan fingerprint density at radius 1 is 1.24 bits per heavy atom. The number of piperazine rings is 1. The molecule has 0 N–H and O–H groups in total. The van der Waals surface area contributed by atoms with Crippen molar-refractivity contribution in [1.29, 1.82) is 0 Å². The maximum atomic E-state index is 12.3. The Labute approximate surface area is 123 Å². The molecule has 6 heteroatoms. The number of carbonyl (C=O) groups excluding carboxylic acids is 1. The van der Waals surface area contributed by atoms with E-state index in [0.29, 0.717) is 24.5 Å². The summed E-state index contributed by atoms with van der Waals surface area (Å²) < 4.78 is 5.35. The van der Waals surface area contributed by atoms with E-state index in [2.05, 4.69) is 14.9 Å². The Morgan fingerprint density at radius 3 is 2.57 bits per heavy atom. The van der Waals surface area contributed by atoms with Crippen LogP contribution in [0, 0.1) is 6.92 Å². The molecule has 3 rings (SSSR count). The molecular weight excluding hydrogens is 268 g/mol. The number of aryl methyl sites for hydroxylation is 1. The molecule has 0 spiro atoms. The summed E-state index contributed by atoms with van der Waals surface area (Å²) in [4.78, 5) is 24.6. The van der Waals surface area contributed by atoms with Crippen LogP contribution in [0.2, 0.25) is 0 Å². The molecule has 2 aromatic heterocycles. The van der Waals surface area contributed by atoms with Gasteiger partial charge in [0.05, 0.1) is 18.4 Å². The van der Waals surface area contributed by atoms with E-state index in [-0.39, 0.29) is 5.91 Å². The Hall–Kier alpha value is -2.21. The molecule has 0 radical (unpaired) electrons. The Morgan fingerprint density at radius 2 is 1.95 bits per heavy atom. The van der Waals surface area contributed by atoms with Gasteiger partial charge in [-0.1, -0.05) is 0 Å². The third-order valence-corrected chi connectivity index (χ3v) is 3.65. The minimum absolute atomic E-state index is 0.00708. The third-order valence-electron chi connectivity index (χ3n) is 3.65. The summed E-state index contributed by atoms with van der Waals surface area (Å²) in [7, 11) is 0. The van der Waals surface area contributed by atoms with Crippen molar-refractivity contribution in [3.63, 3.8) is 0 Å². The first-order valence-electron chi connectivity index (χ1n) is 7.05. The minimum Gasteiger partial charge on any atom is -0.468 e. The van der Waals surface area contributed by atoms with Gasteiger partial charge in [0.25, 0.3) is 5.91 Å². The lowest BCUT2D eigenvalue weighted by atomic mass is 10.2. The summed E-state index contributed by atoms with van der Waals surface area (Å²) in [5.41, 5.74) is 0.556. The molecule has 1 aliphatic rings. The van der Waals surface area contributed by atoms with E-state index in [4.69, 9.17) is 4.42 Å². The van der Waals surface area contributed by atoms with E-state index in [0.717, 1.165) is 25.4 Å². The molecule has 1 amide bonds. The zero-order chi connectivity index (χ0) is 14.7. The van der Waals surface area contributed by atoms with Crippen LogP contribution in [0.25, 0.3) is 0 Å². The van der Waals surface area contributed by atoms with Gasteiger partial charge in [0, 0.05) is 38.6 Å². The van der Waals surface area contributed by atoms with Crippen LogP contribution in [0.3, 0.4) is 0 Å². The summed E-state index contributed by atoms with van der Waals surface area (Å²) in [6.07, 6.45) is 4.88. The fraction of sp³-hybridized carbons (Fsp3) is 0.400. The molecule has 1 aliphatic heterocycles. The first kappa shape index (κ1) is 13.8. The minimum atomic E-state index is 0.00708. The molecule has 0 aromatic carbocycles. The van der Waals surface area contributed by atoms with Crippen molar-refractivity contribution in [2.75, 3.05) is 26.2 Å². The largest absolute Gasteiger partial charge is 0.468 e. The first-order valence-corrected chi connectivity index (χ1v) is 7.05. The SMILES string of the molecule is Cc1ncc(C(=O)N2CCN(Cc3ccco3)CC2)cn1. The molecule has 0 unspecified atom stereocenters. The van der Waals surface area contributed by atoms with Gasteiger partial charge in [-0.05, 0) is 19.1 Å². The highest BCUT2D eigenvalue weighted by Gasteiger charge is 2.22. The van der Waals surface area contributed by atoms with E-state index in [9.17, 15) is 4.79 Å². The molecule has 21 heavy (non-hydrogen) atoms. The molecule has 110 valence electrons. The van der Waals surface area contributed by atoms with E-state index < -0.39 is 0 Å².